The quantitative estimate of drug-likeness (QED) is 0.615. The monoisotopic (exact) mass is 426 g/mol. The summed E-state index contributed by atoms with van der Waals surface area (Å²) in [5, 5.41) is 2.14. The van der Waals surface area contributed by atoms with E-state index < -0.39 is 18.5 Å². The number of alkyl halides is 3. The van der Waals surface area contributed by atoms with Gasteiger partial charge in [-0.05, 0) is 25.3 Å². The Labute approximate surface area is 171 Å². The Kier molecular flexibility index (Phi) is 25.3. The Morgan fingerprint density at radius 1 is 1.00 bits per heavy atom. The van der Waals surface area contributed by atoms with Gasteiger partial charge in [0.1, 0.15) is 6.42 Å². The first-order valence-electron chi connectivity index (χ1n) is 6.53. The second-order valence-electron chi connectivity index (χ2n) is 5.08. The molecule has 0 spiro atoms. The third-order valence-corrected chi connectivity index (χ3v) is 2.28. The van der Waals surface area contributed by atoms with Gasteiger partial charge in [0.05, 0.1) is 0 Å². The van der Waals surface area contributed by atoms with Crippen molar-refractivity contribution < 1.29 is 50.7 Å². The number of carbonyl (C=O) groups excluding carboxylic acids is 1. The third kappa shape index (κ3) is 21.6. The van der Waals surface area contributed by atoms with Gasteiger partial charge < -0.3 is 5.32 Å². The van der Waals surface area contributed by atoms with Gasteiger partial charge >= 0.3 is 6.18 Å². The van der Waals surface area contributed by atoms with Crippen LogP contribution in [0.1, 0.15) is 67.9 Å². The van der Waals surface area contributed by atoms with Crippen molar-refractivity contribution in [1.82, 2.24) is 5.32 Å². The molecule has 0 saturated heterocycles. The number of hydrogen-bond donors (Lipinski definition) is 1. The first-order chi connectivity index (χ1) is 9.11. The van der Waals surface area contributed by atoms with Gasteiger partial charge in [0.2, 0.25) is 5.91 Å². The molecular weight excluding hydrogens is 392 g/mol. The number of hydrogen-bond acceptors (Lipinski definition) is 1. The van der Waals surface area contributed by atoms with Gasteiger partial charge in [-0.2, -0.15) is 13.2 Å². The molecule has 0 saturated carbocycles. The van der Waals surface area contributed by atoms with Gasteiger partial charge in [0, 0.05) is 38.8 Å². The predicted octanol–water partition coefficient (Wildman–Crippen LogP) is 6.18. The van der Waals surface area contributed by atoms with Crippen molar-refractivity contribution in [3.63, 3.8) is 0 Å². The van der Waals surface area contributed by atoms with Gasteiger partial charge in [0.15, 0.2) is 0 Å². The van der Waals surface area contributed by atoms with Gasteiger partial charge in [-0.3, -0.25) is 4.79 Å². The number of halogens is 3. The van der Waals surface area contributed by atoms with E-state index >= 15 is 0 Å². The maximum atomic E-state index is 11.5. The van der Waals surface area contributed by atoms with Gasteiger partial charge in [-0.15, -0.1) is 0 Å². The Morgan fingerprint density at radius 2 is 1.42 bits per heavy atom. The fourth-order valence-corrected chi connectivity index (χ4v) is 1.39. The standard InChI is InChI=1S/C9H12.C6H10F3NO.3CH4.Y/c1-8(2)9-6-4-3-5-7-9;1-4(2)10-5(11)3-6(7,8)9;;;;/h3-8H,1-2H3;4H,3H2,1-2H3,(H,10,11);3*1H4;. The molecule has 141 valence electrons. The fourth-order valence-electron chi connectivity index (χ4n) is 1.39. The largest absolute Gasteiger partial charge is 0.397 e. The maximum Gasteiger partial charge on any atom is 0.397 e. The molecule has 0 bridgehead atoms. The van der Waals surface area contributed by atoms with E-state index in [0.29, 0.717) is 5.92 Å². The predicted molar refractivity (Wildman–Crippen MR) is 94.7 cm³/mol. The number of carbonyl (C=O) groups is 1. The second kappa shape index (κ2) is 17.4. The molecule has 1 radical (unpaired) electrons. The van der Waals surface area contributed by atoms with Gasteiger partial charge in [-0.1, -0.05) is 66.5 Å². The van der Waals surface area contributed by atoms with E-state index in [0.717, 1.165) is 0 Å². The first-order valence-corrected chi connectivity index (χ1v) is 6.53. The summed E-state index contributed by atoms with van der Waals surface area (Å²) < 4.78 is 34.5. The normalized spacial score (nSPS) is 9.21. The average Bonchev–Trinajstić information content (AvgIpc) is 2.27. The van der Waals surface area contributed by atoms with E-state index in [1.54, 1.807) is 13.8 Å². The molecule has 6 heteroatoms. The molecule has 0 aliphatic carbocycles. The topological polar surface area (TPSA) is 29.1 Å². The summed E-state index contributed by atoms with van der Waals surface area (Å²) in [4.78, 5) is 10.4. The van der Waals surface area contributed by atoms with Crippen LogP contribution in [-0.4, -0.2) is 18.1 Å². The van der Waals surface area contributed by atoms with E-state index in [4.69, 9.17) is 0 Å². The Bertz CT molecular complexity index is 393. The third-order valence-electron chi connectivity index (χ3n) is 2.28. The van der Waals surface area contributed by atoms with Crippen LogP contribution >= 0.6 is 0 Å². The molecular formula is C18H34F3NOY. The molecule has 1 N–H and O–H groups in total. The zero-order valence-corrected chi connectivity index (χ0v) is 15.7. The average molecular weight is 426 g/mol. The van der Waals surface area contributed by atoms with Crippen LogP contribution in [0.5, 0.6) is 0 Å². The van der Waals surface area contributed by atoms with E-state index in [2.05, 4.69) is 43.4 Å². The molecule has 1 aromatic rings. The Hall–Kier alpha value is -0.416. The van der Waals surface area contributed by atoms with Gasteiger partial charge in [0.25, 0.3) is 0 Å². The molecule has 0 aliphatic heterocycles. The van der Waals surface area contributed by atoms with E-state index in [1.165, 1.54) is 5.56 Å². The molecule has 24 heavy (non-hydrogen) atoms. The molecule has 0 heterocycles. The molecule has 1 aromatic carbocycles. The summed E-state index contributed by atoms with van der Waals surface area (Å²) in [6, 6.07) is 10.3. The van der Waals surface area contributed by atoms with Crippen LogP contribution in [0, 0.1) is 0 Å². The second-order valence-corrected chi connectivity index (χ2v) is 5.08. The van der Waals surface area contributed by atoms with E-state index in [-0.39, 0.29) is 61.0 Å². The van der Waals surface area contributed by atoms with Crippen molar-refractivity contribution in [3.05, 3.63) is 35.9 Å². The van der Waals surface area contributed by atoms with E-state index in [1.807, 2.05) is 6.07 Å². The molecule has 0 atom stereocenters. The van der Waals surface area contributed by atoms with Crippen molar-refractivity contribution in [3.8, 4) is 0 Å². The summed E-state index contributed by atoms with van der Waals surface area (Å²) in [6.07, 6.45) is -5.80. The summed E-state index contributed by atoms with van der Waals surface area (Å²) in [7, 11) is 0. The maximum absolute atomic E-state index is 11.5. The molecule has 1 rings (SSSR count). The molecule has 0 aromatic heterocycles. The molecule has 2 nitrogen and oxygen atoms in total. The SMILES string of the molecule is C.C.C.CC(C)NC(=O)CC(F)(F)F.CC(C)c1ccccc1.[Y]. The van der Waals surface area contributed by atoms with Crippen LogP contribution in [-0.2, 0) is 37.5 Å². The summed E-state index contributed by atoms with van der Waals surface area (Å²) in [6.45, 7) is 7.62. The van der Waals surface area contributed by atoms with Crippen LogP contribution in [0.2, 0.25) is 0 Å². The molecule has 1 amide bonds. The minimum Gasteiger partial charge on any atom is -0.354 e. The van der Waals surface area contributed by atoms with Crippen molar-refractivity contribution in [2.45, 2.75) is 74.5 Å². The fraction of sp³-hybridized carbons (Fsp3) is 0.611. The summed E-state index contributed by atoms with van der Waals surface area (Å²) in [5.41, 5.74) is 1.41. The van der Waals surface area contributed by atoms with Crippen molar-refractivity contribution in [1.29, 1.82) is 0 Å². The number of amides is 1. The minimum absolute atomic E-state index is 0. The molecule has 0 fully saturated rings. The van der Waals surface area contributed by atoms with Crippen molar-refractivity contribution >= 4 is 5.91 Å². The number of benzene rings is 1. The van der Waals surface area contributed by atoms with Crippen LogP contribution in [0.4, 0.5) is 13.2 Å². The first kappa shape index (κ1) is 34.8. The number of rotatable bonds is 3. The van der Waals surface area contributed by atoms with Crippen molar-refractivity contribution in [2.24, 2.45) is 0 Å². The van der Waals surface area contributed by atoms with Crippen molar-refractivity contribution in [2.75, 3.05) is 0 Å². The van der Waals surface area contributed by atoms with Crippen LogP contribution in [0.15, 0.2) is 30.3 Å². The minimum atomic E-state index is -4.40. The zero-order valence-electron chi connectivity index (χ0n) is 12.9. The van der Waals surface area contributed by atoms with Gasteiger partial charge in [-0.25, -0.2) is 0 Å². The summed E-state index contributed by atoms with van der Waals surface area (Å²) in [5.74, 6) is -0.321. The van der Waals surface area contributed by atoms with Crippen LogP contribution < -0.4 is 5.32 Å². The Balaban J connectivity index is -0.0000000867. The number of nitrogens with one attached hydrogen (secondary N) is 1. The van der Waals surface area contributed by atoms with E-state index in [9.17, 15) is 18.0 Å². The smallest absolute Gasteiger partial charge is 0.354 e. The van der Waals surface area contributed by atoms with Crippen LogP contribution in [0.25, 0.3) is 0 Å². The molecule has 0 unspecified atom stereocenters. The summed E-state index contributed by atoms with van der Waals surface area (Å²) >= 11 is 0. The Morgan fingerprint density at radius 3 is 1.67 bits per heavy atom. The van der Waals surface area contributed by atoms with Crippen LogP contribution in [0.3, 0.4) is 0 Å². The molecule has 0 aliphatic rings. The zero-order chi connectivity index (χ0) is 15.8.